The number of hydrogen-bond donors (Lipinski definition) is 1. The third-order valence-electron chi connectivity index (χ3n) is 4.66. The molecule has 23 heavy (non-hydrogen) atoms. The van der Waals surface area contributed by atoms with Gasteiger partial charge in [-0.2, -0.15) is 5.10 Å². The van der Waals surface area contributed by atoms with Gasteiger partial charge in [-0.1, -0.05) is 24.3 Å². The zero-order valence-corrected chi connectivity index (χ0v) is 13.7. The first kappa shape index (κ1) is 14.5. The molecule has 0 bridgehead atoms. The Bertz CT molecular complexity index is 803. The molecule has 5 heteroatoms. The Morgan fingerprint density at radius 3 is 2.78 bits per heavy atom. The summed E-state index contributed by atoms with van der Waals surface area (Å²) in [6, 6.07) is 10.1. The van der Waals surface area contributed by atoms with E-state index in [4.69, 9.17) is 0 Å². The molecule has 1 saturated heterocycles. The first-order valence-corrected chi connectivity index (χ1v) is 8.90. The number of thiophene rings is 1. The van der Waals surface area contributed by atoms with Crippen molar-refractivity contribution >= 4 is 27.9 Å². The summed E-state index contributed by atoms with van der Waals surface area (Å²) in [5.41, 5.74) is 0. The number of piperidine rings is 1. The van der Waals surface area contributed by atoms with Crippen LogP contribution in [0, 0.1) is 5.92 Å². The van der Waals surface area contributed by atoms with Crippen LogP contribution in [-0.2, 0) is 6.42 Å². The van der Waals surface area contributed by atoms with Gasteiger partial charge < -0.3 is 10.0 Å². The number of aromatic nitrogens is 2. The molecule has 0 radical (unpaired) electrons. The van der Waals surface area contributed by atoms with Gasteiger partial charge in [0.2, 0.25) is 0 Å². The molecule has 0 spiro atoms. The highest BCUT2D eigenvalue weighted by Gasteiger charge is 2.23. The minimum absolute atomic E-state index is 0.456. The van der Waals surface area contributed by atoms with Crippen molar-refractivity contribution in [3.8, 4) is 5.75 Å². The summed E-state index contributed by atoms with van der Waals surface area (Å²) in [6.45, 7) is 2.00. The van der Waals surface area contributed by atoms with Crippen molar-refractivity contribution in [1.29, 1.82) is 0 Å². The van der Waals surface area contributed by atoms with E-state index >= 15 is 0 Å². The molecule has 1 aliphatic heterocycles. The van der Waals surface area contributed by atoms with E-state index in [9.17, 15) is 5.11 Å². The van der Waals surface area contributed by atoms with E-state index in [1.165, 1.54) is 5.39 Å². The van der Waals surface area contributed by atoms with Gasteiger partial charge >= 0.3 is 0 Å². The Hall–Kier alpha value is -2.14. The van der Waals surface area contributed by atoms with Crippen LogP contribution in [0.5, 0.6) is 5.75 Å². The molecule has 4 rings (SSSR count). The zero-order chi connectivity index (χ0) is 15.6. The number of aromatic hydroxyl groups is 1. The van der Waals surface area contributed by atoms with E-state index in [1.807, 2.05) is 17.6 Å². The number of rotatable bonds is 3. The molecule has 1 aliphatic rings. The van der Waals surface area contributed by atoms with E-state index in [2.05, 4.69) is 33.3 Å². The van der Waals surface area contributed by atoms with E-state index in [-0.39, 0.29) is 0 Å². The lowest BCUT2D eigenvalue weighted by atomic mass is 9.92. The van der Waals surface area contributed by atoms with Crippen molar-refractivity contribution in [2.24, 2.45) is 5.92 Å². The second-order valence-corrected chi connectivity index (χ2v) is 7.12. The Labute approximate surface area is 139 Å². The maximum absolute atomic E-state index is 9.81. The largest absolute Gasteiger partial charge is 0.507 e. The first-order valence-electron chi connectivity index (χ1n) is 8.02. The monoisotopic (exact) mass is 325 g/mol. The minimum Gasteiger partial charge on any atom is -0.507 e. The second-order valence-electron chi connectivity index (χ2n) is 6.12. The lowest BCUT2D eigenvalue weighted by molar-refractivity contribution is 0.395. The summed E-state index contributed by atoms with van der Waals surface area (Å²) in [5, 5.41) is 22.6. The first-order chi connectivity index (χ1) is 11.3. The van der Waals surface area contributed by atoms with Gasteiger partial charge in [-0.3, -0.25) is 0 Å². The van der Waals surface area contributed by atoms with Crippen molar-refractivity contribution in [2.75, 3.05) is 18.0 Å². The average molecular weight is 325 g/mol. The fourth-order valence-corrected chi connectivity index (χ4v) is 4.23. The standard InChI is InChI=1S/C18H19N3OS/c22-16-7-10-23-17(16)11-13-5-8-21(9-6-13)18-15-4-2-1-3-14(15)12-19-20-18/h1-4,7,10,12-13,22H,5-6,8-9,11H2. The van der Waals surface area contributed by atoms with Crippen LogP contribution in [0.4, 0.5) is 5.82 Å². The van der Waals surface area contributed by atoms with Gasteiger partial charge in [0.15, 0.2) is 5.82 Å². The predicted molar refractivity (Wildman–Crippen MR) is 94.2 cm³/mol. The molecule has 0 unspecified atom stereocenters. The van der Waals surface area contributed by atoms with Gasteiger partial charge in [0, 0.05) is 28.7 Å². The molecule has 3 heterocycles. The summed E-state index contributed by atoms with van der Waals surface area (Å²) < 4.78 is 0. The van der Waals surface area contributed by atoms with Crippen molar-refractivity contribution in [2.45, 2.75) is 19.3 Å². The molecule has 118 valence electrons. The highest BCUT2D eigenvalue weighted by Crippen LogP contribution is 2.32. The smallest absolute Gasteiger partial charge is 0.159 e. The van der Waals surface area contributed by atoms with E-state index in [0.29, 0.717) is 11.7 Å². The van der Waals surface area contributed by atoms with Crippen LogP contribution in [-0.4, -0.2) is 28.4 Å². The van der Waals surface area contributed by atoms with Gasteiger partial charge in [-0.25, -0.2) is 0 Å². The molecule has 0 saturated carbocycles. The zero-order valence-electron chi connectivity index (χ0n) is 12.9. The lowest BCUT2D eigenvalue weighted by Gasteiger charge is -2.33. The highest BCUT2D eigenvalue weighted by atomic mass is 32.1. The molecule has 3 aromatic rings. The van der Waals surface area contributed by atoms with Crippen molar-refractivity contribution in [3.05, 3.63) is 46.8 Å². The predicted octanol–water partition coefficient (Wildman–Crippen LogP) is 3.86. The van der Waals surface area contributed by atoms with Crippen LogP contribution in [0.25, 0.3) is 10.8 Å². The normalized spacial score (nSPS) is 16.1. The second kappa shape index (κ2) is 6.16. The number of benzene rings is 1. The molecule has 0 aliphatic carbocycles. The van der Waals surface area contributed by atoms with Crippen LogP contribution >= 0.6 is 11.3 Å². The molecular formula is C18H19N3OS. The Balaban J connectivity index is 1.48. The SMILES string of the molecule is Oc1ccsc1CC1CCN(c2nncc3ccccc23)CC1. The fourth-order valence-electron chi connectivity index (χ4n) is 3.34. The Morgan fingerprint density at radius 2 is 2.00 bits per heavy atom. The molecule has 1 fully saturated rings. The Morgan fingerprint density at radius 1 is 1.17 bits per heavy atom. The van der Waals surface area contributed by atoms with Gasteiger partial charge in [-0.15, -0.1) is 16.4 Å². The summed E-state index contributed by atoms with van der Waals surface area (Å²) in [4.78, 5) is 3.47. The van der Waals surface area contributed by atoms with Crippen LogP contribution in [0.2, 0.25) is 0 Å². The summed E-state index contributed by atoms with van der Waals surface area (Å²) in [5.74, 6) is 2.09. The van der Waals surface area contributed by atoms with Crippen LogP contribution in [0.1, 0.15) is 17.7 Å². The van der Waals surface area contributed by atoms with Crippen LogP contribution in [0.3, 0.4) is 0 Å². The van der Waals surface area contributed by atoms with E-state index in [1.54, 1.807) is 17.4 Å². The van der Waals surface area contributed by atoms with Gasteiger partial charge in [0.1, 0.15) is 5.75 Å². The molecule has 0 amide bonds. The fraction of sp³-hybridized carbons (Fsp3) is 0.333. The van der Waals surface area contributed by atoms with Crippen molar-refractivity contribution < 1.29 is 5.11 Å². The summed E-state index contributed by atoms with van der Waals surface area (Å²) >= 11 is 1.66. The van der Waals surface area contributed by atoms with Crippen molar-refractivity contribution in [1.82, 2.24) is 10.2 Å². The lowest BCUT2D eigenvalue weighted by Crippen LogP contribution is -2.35. The number of anilines is 1. The van der Waals surface area contributed by atoms with E-state index < -0.39 is 0 Å². The maximum Gasteiger partial charge on any atom is 0.159 e. The maximum atomic E-state index is 9.81. The van der Waals surface area contributed by atoms with Crippen LogP contribution < -0.4 is 4.90 Å². The number of nitrogens with zero attached hydrogens (tertiary/aromatic N) is 3. The third kappa shape index (κ3) is 2.88. The highest BCUT2D eigenvalue weighted by molar-refractivity contribution is 7.10. The van der Waals surface area contributed by atoms with Gasteiger partial charge in [-0.05, 0) is 36.6 Å². The average Bonchev–Trinajstić information content (AvgIpc) is 3.00. The molecule has 0 atom stereocenters. The van der Waals surface area contributed by atoms with E-state index in [0.717, 1.165) is 48.4 Å². The summed E-state index contributed by atoms with van der Waals surface area (Å²) in [6.07, 6.45) is 5.06. The molecule has 1 aromatic carbocycles. The van der Waals surface area contributed by atoms with Crippen molar-refractivity contribution in [3.63, 3.8) is 0 Å². The Kier molecular flexibility index (Phi) is 3.87. The number of fused-ring (bicyclic) bond motifs is 1. The molecule has 1 N–H and O–H groups in total. The molecular weight excluding hydrogens is 306 g/mol. The molecule has 2 aromatic heterocycles. The molecule has 4 nitrogen and oxygen atoms in total. The summed E-state index contributed by atoms with van der Waals surface area (Å²) in [7, 11) is 0. The number of hydrogen-bond acceptors (Lipinski definition) is 5. The van der Waals surface area contributed by atoms with Crippen LogP contribution in [0.15, 0.2) is 41.9 Å². The topological polar surface area (TPSA) is 49.2 Å². The third-order valence-corrected chi connectivity index (χ3v) is 5.59. The van der Waals surface area contributed by atoms with Gasteiger partial charge in [0.25, 0.3) is 0 Å². The van der Waals surface area contributed by atoms with Gasteiger partial charge in [0.05, 0.1) is 6.20 Å². The quantitative estimate of drug-likeness (QED) is 0.794. The minimum atomic E-state index is 0.456.